The lowest BCUT2D eigenvalue weighted by Gasteiger charge is -2.30. The fourth-order valence-electron chi connectivity index (χ4n) is 2.57. The molecule has 1 aromatic rings. The number of imidazole rings is 1. The maximum Gasteiger partial charge on any atom is 0.307 e. The number of piperidine rings is 1. The highest BCUT2D eigenvalue weighted by molar-refractivity contribution is 5.70. The second kappa shape index (κ2) is 6.00. The fraction of sp³-hybridized carbons (Fsp3) is 0.692. The van der Waals surface area contributed by atoms with Crippen molar-refractivity contribution >= 4 is 5.97 Å². The molecule has 5 heteroatoms. The summed E-state index contributed by atoms with van der Waals surface area (Å²) in [4.78, 5) is 17.5. The fourth-order valence-corrected chi connectivity index (χ4v) is 2.57. The van der Waals surface area contributed by atoms with Crippen LogP contribution in [0.5, 0.6) is 0 Å². The van der Waals surface area contributed by atoms with E-state index in [0.717, 1.165) is 44.7 Å². The van der Waals surface area contributed by atoms with Crippen molar-refractivity contribution in [3.63, 3.8) is 0 Å². The number of nitrogens with zero attached hydrogens (tertiary/aromatic N) is 3. The summed E-state index contributed by atoms with van der Waals surface area (Å²) in [6.07, 6.45) is 6.57. The lowest BCUT2D eigenvalue weighted by atomic mass is 9.98. The van der Waals surface area contributed by atoms with E-state index in [-0.39, 0.29) is 5.92 Å². The molecule has 1 fully saturated rings. The van der Waals surface area contributed by atoms with Gasteiger partial charge in [0.2, 0.25) is 0 Å². The summed E-state index contributed by atoms with van der Waals surface area (Å²) in [5, 5.41) is 9.05. The molecule has 1 N–H and O–H groups in total. The molecule has 0 bridgehead atoms. The highest BCUT2D eigenvalue weighted by Crippen LogP contribution is 2.16. The molecule has 0 spiro atoms. The minimum absolute atomic E-state index is 0.188. The van der Waals surface area contributed by atoms with Crippen LogP contribution in [0, 0.1) is 5.92 Å². The topological polar surface area (TPSA) is 58.4 Å². The minimum atomic E-state index is -0.656. The summed E-state index contributed by atoms with van der Waals surface area (Å²) in [6.45, 7) is 5.61. The van der Waals surface area contributed by atoms with Gasteiger partial charge in [-0.3, -0.25) is 4.79 Å². The quantitative estimate of drug-likeness (QED) is 0.855. The summed E-state index contributed by atoms with van der Waals surface area (Å²) < 4.78 is 2.16. The standard InChI is InChI=1S/C13H21N3O2/c1-2-12-14-5-7-16(12)9-8-15-6-3-4-11(10-15)13(17)18/h5,7,11H,2-4,6,8-10H2,1H3,(H,17,18)/t11-/m0/s1. The zero-order valence-corrected chi connectivity index (χ0v) is 10.9. The smallest absolute Gasteiger partial charge is 0.307 e. The van der Waals surface area contributed by atoms with E-state index in [0.29, 0.717) is 6.54 Å². The van der Waals surface area contributed by atoms with Gasteiger partial charge in [0.15, 0.2) is 0 Å². The molecule has 0 aliphatic carbocycles. The summed E-state index contributed by atoms with van der Waals surface area (Å²) >= 11 is 0. The Morgan fingerprint density at radius 3 is 3.11 bits per heavy atom. The molecule has 100 valence electrons. The first-order valence-corrected chi connectivity index (χ1v) is 6.66. The summed E-state index contributed by atoms with van der Waals surface area (Å²) in [5.41, 5.74) is 0. The Morgan fingerprint density at radius 2 is 2.39 bits per heavy atom. The molecule has 2 heterocycles. The van der Waals surface area contributed by atoms with Crippen LogP contribution in [-0.2, 0) is 17.8 Å². The van der Waals surface area contributed by atoms with Crippen molar-refractivity contribution in [2.75, 3.05) is 19.6 Å². The third-order valence-electron chi connectivity index (χ3n) is 3.63. The molecule has 1 aromatic heterocycles. The van der Waals surface area contributed by atoms with Gasteiger partial charge >= 0.3 is 5.97 Å². The monoisotopic (exact) mass is 251 g/mol. The van der Waals surface area contributed by atoms with E-state index in [4.69, 9.17) is 5.11 Å². The van der Waals surface area contributed by atoms with E-state index < -0.39 is 5.97 Å². The number of aryl methyl sites for hydroxylation is 1. The molecular weight excluding hydrogens is 230 g/mol. The summed E-state index contributed by atoms with van der Waals surface area (Å²) in [7, 11) is 0. The van der Waals surface area contributed by atoms with Crippen molar-refractivity contribution < 1.29 is 9.90 Å². The highest BCUT2D eigenvalue weighted by atomic mass is 16.4. The lowest BCUT2D eigenvalue weighted by Crippen LogP contribution is -2.40. The van der Waals surface area contributed by atoms with E-state index in [2.05, 4.69) is 21.4 Å². The molecule has 18 heavy (non-hydrogen) atoms. The van der Waals surface area contributed by atoms with Crippen LogP contribution in [-0.4, -0.2) is 45.2 Å². The van der Waals surface area contributed by atoms with Crippen molar-refractivity contribution in [1.82, 2.24) is 14.5 Å². The second-order valence-electron chi connectivity index (χ2n) is 4.87. The average molecular weight is 251 g/mol. The molecular formula is C13H21N3O2. The van der Waals surface area contributed by atoms with Gasteiger partial charge in [-0.15, -0.1) is 0 Å². The van der Waals surface area contributed by atoms with Crippen molar-refractivity contribution in [3.05, 3.63) is 18.2 Å². The largest absolute Gasteiger partial charge is 0.481 e. The van der Waals surface area contributed by atoms with Crippen LogP contribution in [0.25, 0.3) is 0 Å². The Labute approximate surface area is 107 Å². The molecule has 0 radical (unpaired) electrons. The first kappa shape index (κ1) is 13.1. The van der Waals surface area contributed by atoms with Crippen LogP contribution in [0.2, 0.25) is 0 Å². The first-order chi connectivity index (χ1) is 8.70. The van der Waals surface area contributed by atoms with Gasteiger partial charge in [0.1, 0.15) is 5.82 Å². The van der Waals surface area contributed by atoms with Crippen molar-refractivity contribution in [2.45, 2.75) is 32.7 Å². The number of carboxylic acid groups (broad SMARTS) is 1. The van der Waals surface area contributed by atoms with Crippen LogP contribution in [0.3, 0.4) is 0 Å². The predicted octanol–water partition coefficient (Wildman–Crippen LogP) is 1.24. The van der Waals surface area contributed by atoms with E-state index in [1.807, 2.05) is 12.4 Å². The molecule has 0 unspecified atom stereocenters. The number of carboxylic acids is 1. The Hall–Kier alpha value is -1.36. The van der Waals surface area contributed by atoms with Crippen molar-refractivity contribution in [3.8, 4) is 0 Å². The van der Waals surface area contributed by atoms with E-state index >= 15 is 0 Å². The van der Waals surface area contributed by atoms with Crippen LogP contribution in [0.15, 0.2) is 12.4 Å². The van der Waals surface area contributed by atoms with Gasteiger partial charge in [-0.1, -0.05) is 6.92 Å². The number of hydrogen-bond donors (Lipinski definition) is 1. The Morgan fingerprint density at radius 1 is 1.56 bits per heavy atom. The van der Waals surface area contributed by atoms with Gasteiger partial charge < -0.3 is 14.6 Å². The number of aromatic nitrogens is 2. The minimum Gasteiger partial charge on any atom is -0.481 e. The van der Waals surface area contributed by atoms with Crippen LogP contribution < -0.4 is 0 Å². The molecule has 1 aliphatic heterocycles. The average Bonchev–Trinajstić information content (AvgIpc) is 2.84. The van der Waals surface area contributed by atoms with Gasteiger partial charge in [-0.25, -0.2) is 4.98 Å². The van der Waals surface area contributed by atoms with Crippen LogP contribution in [0.4, 0.5) is 0 Å². The van der Waals surface area contributed by atoms with E-state index in [1.165, 1.54) is 0 Å². The van der Waals surface area contributed by atoms with E-state index in [9.17, 15) is 4.79 Å². The molecule has 1 atom stereocenters. The number of carbonyl (C=O) groups is 1. The molecule has 1 saturated heterocycles. The number of rotatable bonds is 5. The molecule has 2 rings (SSSR count). The zero-order chi connectivity index (χ0) is 13.0. The maximum atomic E-state index is 11.0. The number of hydrogen-bond acceptors (Lipinski definition) is 3. The number of aliphatic carboxylic acids is 1. The lowest BCUT2D eigenvalue weighted by molar-refractivity contribution is -0.143. The second-order valence-corrected chi connectivity index (χ2v) is 4.87. The predicted molar refractivity (Wildman–Crippen MR) is 68.4 cm³/mol. The van der Waals surface area contributed by atoms with Gasteiger partial charge in [-0.05, 0) is 19.4 Å². The van der Waals surface area contributed by atoms with Crippen LogP contribution >= 0.6 is 0 Å². The SMILES string of the molecule is CCc1nccn1CCN1CCC[C@H](C(=O)O)C1. The molecule has 1 aliphatic rings. The molecule has 0 aromatic carbocycles. The van der Waals surface area contributed by atoms with Gasteiger partial charge in [0, 0.05) is 38.4 Å². The molecule has 0 amide bonds. The van der Waals surface area contributed by atoms with Crippen LogP contribution in [0.1, 0.15) is 25.6 Å². The highest BCUT2D eigenvalue weighted by Gasteiger charge is 2.24. The Kier molecular flexibility index (Phi) is 4.36. The third kappa shape index (κ3) is 3.10. The van der Waals surface area contributed by atoms with Crippen molar-refractivity contribution in [1.29, 1.82) is 0 Å². The number of likely N-dealkylation sites (tertiary alicyclic amines) is 1. The summed E-state index contributed by atoms with van der Waals surface area (Å²) in [6, 6.07) is 0. The Bertz CT molecular complexity index is 403. The van der Waals surface area contributed by atoms with Gasteiger partial charge in [0.25, 0.3) is 0 Å². The first-order valence-electron chi connectivity index (χ1n) is 6.66. The maximum absolute atomic E-state index is 11.0. The molecule has 0 saturated carbocycles. The van der Waals surface area contributed by atoms with Gasteiger partial charge in [-0.2, -0.15) is 0 Å². The van der Waals surface area contributed by atoms with Gasteiger partial charge in [0.05, 0.1) is 5.92 Å². The Balaban J connectivity index is 1.85. The van der Waals surface area contributed by atoms with Crippen molar-refractivity contribution in [2.24, 2.45) is 5.92 Å². The van der Waals surface area contributed by atoms with E-state index in [1.54, 1.807) is 0 Å². The third-order valence-corrected chi connectivity index (χ3v) is 3.63. The summed E-state index contributed by atoms with van der Waals surface area (Å²) in [5.74, 6) is 0.255. The zero-order valence-electron chi connectivity index (χ0n) is 10.9. The molecule has 5 nitrogen and oxygen atoms in total. The normalized spacial score (nSPS) is 21.1.